The third-order valence-electron chi connectivity index (χ3n) is 5.72. The van der Waals surface area contributed by atoms with E-state index in [1.807, 2.05) is 53.3 Å². The first-order chi connectivity index (χ1) is 15.1. The molecule has 2 atom stereocenters. The molecule has 158 valence electrons. The predicted molar refractivity (Wildman–Crippen MR) is 118 cm³/mol. The minimum absolute atomic E-state index is 0.144. The third kappa shape index (κ3) is 4.98. The average Bonchev–Trinajstić information content (AvgIpc) is 3.48. The number of nitriles is 1. The number of benzene rings is 2. The Labute approximate surface area is 182 Å². The van der Waals surface area contributed by atoms with Gasteiger partial charge in [-0.1, -0.05) is 59.8 Å². The Balaban J connectivity index is 1.34. The Hall–Kier alpha value is -3.50. The van der Waals surface area contributed by atoms with Gasteiger partial charge in [-0.3, -0.25) is 9.48 Å². The van der Waals surface area contributed by atoms with E-state index in [4.69, 9.17) is 5.73 Å². The van der Waals surface area contributed by atoms with Gasteiger partial charge in [0.1, 0.15) is 11.7 Å². The quantitative estimate of drug-likeness (QED) is 0.640. The summed E-state index contributed by atoms with van der Waals surface area (Å²) in [4.78, 5) is 14.2. The molecule has 0 spiro atoms. The van der Waals surface area contributed by atoms with Crippen LogP contribution in [0.4, 0.5) is 0 Å². The Morgan fingerprint density at radius 2 is 1.94 bits per heavy atom. The molecular weight excluding hydrogens is 388 g/mol. The minimum atomic E-state index is -0.640. The normalized spacial score (nSPS) is 16.8. The van der Waals surface area contributed by atoms with Crippen molar-refractivity contribution in [3.8, 4) is 17.3 Å². The molecular formula is C24H26N6O. The molecule has 7 nitrogen and oxygen atoms in total. The highest BCUT2D eigenvalue weighted by atomic mass is 16.2. The Bertz CT molecular complexity index is 1050. The molecule has 1 fully saturated rings. The molecule has 0 saturated carbocycles. The highest BCUT2D eigenvalue weighted by Crippen LogP contribution is 2.20. The van der Waals surface area contributed by atoms with Crippen molar-refractivity contribution in [2.24, 2.45) is 5.73 Å². The molecule has 3 aromatic rings. The monoisotopic (exact) mass is 414 g/mol. The van der Waals surface area contributed by atoms with Crippen molar-refractivity contribution in [2.75, 3.05) is 6.54 Å². The summed E-state index contributed by atoms with van der Waals surface area (Å²) in [5, 5.41) is 17.7. The summed E-state index contributed by atoms with van der Waals surface area (Å²) in [5.74, 6) is -0.144. The van der Waals surface area contributed by atoms with Crippen LogP contribution in [0.15, 0.2) is 60.8 Å². The molecule has 2 N–H and O–H groups in total. The smallest absolute Gasteiger partial charge is 0.240 e. The van der Waals surface area contributed by atoms with E-state index in [0.717, 1.165) is 42.6 Å². The van der Waals surface area contributed by atoms with Gasteiger partial charge in [0.15, 0.2) is 0 Å². The van der Waals surface area contributed by atoms with Gasteiger partial charge in [0, 0.05) is 18.7 Å². The minimum Gasteiger partial charge on any atom is -0.325 e. The lowest BCUT2D eigenvalue weighted by molar-refractivity contribution is -0.132. The molecule has 0 unspecified atom stereocenters. The van der Waals surface area contributed by atoms with Crippen LogP contribution in [0, 0.1) is 11.3 Å². The number of amides is 1. The summed E-state index contributed by atoms with van der Waals surface area (Å²) in [6, 6.07) is 19.4. The second-order valence-electron chi connectivity index (χ2n) is 7.93. The summed E-state index contributed by atoms with van der Waals surface area (Å²) in [7, 11) is 0. The summed E-state index contributed by atoms with van der Waals surface area (Å²) in [6.45, 7) is 1.38. The van der Waals surface area contributed by atoms with E-state index in [0.29, 0.717) is 13.0 Å². The molecule has 1 aliphatic heterocycles. The molecule has 1 aromatic heterocycles. The maximum atomic E-state index is 12.6. The number of carbonyl (C=O) groups excluding carboxylic acids is 1. The van der Waals surface area contributed by atoms with Crippen LogP contribution in [0.2, 0.25) is 0 Å². The van der Waals surface area contributed by atoms with E-state index in [-0.39, 0.29) is 11.9 Å². The number of hydrogen-bond donors (Lipinski definition) is 1. The highest BCUT2D eigenvalue weighted by molar-refractivity contribution is 5.83. The molecule has 31 heavy (non-hydrogen) atoms. The lowest BCUT2D eigenvalue weighted by Crippen LogP contribution is -2.46. The first-order valence-corrected chi connectivity index (χ1v) is 10.6. The number of hydrogen-bond acceptors (Lipinski definition) is 5. The van der Waals surface area contributed by atoms with Gasteiger partial charge in [0.25, 0.3) is 0 Å². The number of likely N-dealkylation sites (tertiary alicyclic amines) is 1. The van der Waals surface area contributed by atoms with Crippen molar-refractivity contribution in [1.29, 1.82) is 5.26 Å². The Morgan fingerprint density at radius 3 is 2.68 bits per heavy atom. The van der Waals surface area contributed by atoms with Crippen molar-refractivity contribution in [3.63, 3.8) is 0 Å². The summed E-state index contributed by atoms with van der Waals surface area (Å²) < 4.78 is 1.85. The molecule has 1 aliphatic rings. The van der Waals surface area contributed by atoms with Gasteiger partial charge in [0.05, 0.1) is 18.3 Å². The van der Waals surface area contributed by atoms with E-state index < -0.39 is 6.04 Å². The van der Waals surface area contributed by atoms with Gasteiger partial charge in [-0.05, 0) is 36.8 Å². The molecule has 0 aliphatic carbocycles. The molecule has 2 aromatic carbocycles. The van der Waals surface area contributed by atoms with Crippen LogP contribution in [0.25, 0.3) is 11.3 Å². The second kappa shape index (κ2) is 9.54. The van der Waals surface area contributed by atoms with Gasteiger partial charge in [-0.2, -0.15) is 5.26 Å². The molecule has 7 heteroatoms. The number of nitrogens with two attached hydrogens (primary N) is 1. The van der Waals surface area contributed by atoms with Crippen molar-refractivity contribution in [2.45, 2.75) is 44.3 Å². The number of aromatic nitrogens is 3. The summed E-state index contributed by atoms with van der Waals surface area (Å²) in [6.07, 6.45) is 4.88. The number of nitrogens with zero attached hydrogens (tertiary/aromatic N) is 5. The number of carbonyl (C=O) groups is 1. The average molecular weight is 415 g/mol. The lowest BCUT2D eigenvalue weighted by Gasteiger charge is -2.23. The topological polar surface area (TPSA) is 101 Å². The molecule has 1 saturated heterocycles. The zero-order valence-electron chi connectivity index (χ0n) is 17.4. The SMILES string of the molecule is N#C[C@@H]1CCCN1C(=O)[C@@H](N)Cc1ccc(-c2cn(CCc3ccccc3)nn2)cc1. The van der Waals surface area contributed by atoms with Crippen LogP contribution in [0.5, 0.6) is 0 Å². The molecule has 0 radical (unpaired) electrons. The van der Waals surface area contributed by atoms with E-state index in [1.165, 1.54) is 5.56 Å². The van der Waals surface area contributed by atoms with Crippen LogP contribution in [0.3, 0.4) is 0 Å². The van der Waals surface area contributed by atoms with Crippen LogP contribution >= 0.6 is 0 Å². The van der Waals surface area contributed by atoms with Gasteiger partial charge in [-0.15, -0.1) is 5.10 Å². The fraction of sp³-hybridized carbons (Fsp3) is 0.333. The zero-order chi connectivity index (χ0) is 21.6. The summed E-state index contributed by atoms with van der Waals surface area (Å²) >= 11 is 0. The standard InChI is InChI=1S/C24H26N6O/c25-16-21-7-4-13-30(21)24(31)22(26)15-19-8-10-20(11-9-19)23-17-29(28-27-23)14-12-18-5-2-1-3-6-18/h1-3,5-6,8-11,17,21-22H,4,7,12-15,26H2/t21-,22-/m0/s1. The molecule has 4 rings (SSSR count). The Morgan fingerprint density at radius 1 is 1.16 bits per heavy atom. The van der Waals surface area contributed by atoms with Crippen LogP contribution in [-0.4, -0.2) is 44.4 Å². The van der Waals surface area contributed by atoms with Gasteiger partial charge in [-0.25, -0.2) is 0 Å². The van der Waals surface area contributed by atoms with Crippen molar-refractivity contribution in [3.05, 3.63) is 71.9 Å². The molecule has 0 bridgehead atoms. The first kappa shape index (κ1) is 20.8. The lowest BCUT2D eigenvalue weighted by atomic mass is 10.0. The van der Waals surface area contributed by atoms with E-state index in [9.17, 15) is 10.1 Å². The predicted octanol–water partition coefficient (Wildman–Crippen LogP) is 2.57. The molecule has 1 amide bonds. The number of rotatable bonds is 7. The van der Waals surface area contributed by atoms with E-state index >= 15 is 0 Å². The number of aryl methyl sites for hydroxylation is 2. The maximum absolute atomic E-state index is 12.6. The fourth-order valence-corrected chi connectivity index (χ4v) is 3.96. The van der Waals surface area contributed by atoms with Crippen LogP contribution in [0.1, 0.15) is 24.0 Å². The fourth-order valence-electron chi connectivity index (χ4n) is 3.96. The van der Waals surface area contributed by atoms with Gasteiger partial charge in [0.2, 0.25) is 5.91 Å². The first-order valence-electron chi connectivity index (χ1n) is 10.6. The Kier molecular flexibility index (Phi) is 6.39. The maximum Gasteiger partial charge on any atom is 0.240 e. The van der Waals surface area contributed by atoms with Crippen molar-refractivity contribution >= 4 is 5.91 Å². The zero-order valence-corrected chi connectivity index (χ0v) is 17.4. The third-order valence-corrected chi connectivity index (χ3v) is 5.72. The molecule has 2 heterocycles. The van der Waals surface area contributed by atoms with Crippen LogP contribution < -0.4 is 5.73 Å². The highest BCUT2D eigenvalue weighted by Gasteiger charge is 2.31. The van der Waals surface area contributed by atoms with Gasteiger partial charge >= 0.3 is 0 Å². The van der Waals surface area contributed by atoms with Crippen molar-refractivity contribution < 1.29 is 4.79 Å². The van der Waals surface area contributed by atoms with Crippen molar-refractivity contribution in [1.82, 2.24) is 19.9 Å². The van der Waals surface area contributed by atoms with Gasteiger partial charge < -0.3 is 10.6 Å². The van der Waals surface area contributed by atoms with Crippen LogP contribution in [-0.2, 0) is 24.2 Å². The summed E-state index contributed by atoms with van der Waals surface area (Å²) in [5.41, 5.74) is 10.2. The largest absolute Gasteiger partial charge is 0.325 e. The van der Waals surface area contributed by atoms with E-state index in [2.05, 4.69) is 28.5 Å². The van der Waals surface area contributed by atoms with E-state index in [1.54, 1.807) is 4.90 Å². The second-order valence-corrected chi connectivity index (χ2v) is 7.93.